The van der Waals surface area contributed by atoms with Crippen molar-refractivity contribution in [3.8, 4) is 0 Å². The van der Waals surface area contributed by atoms with Gasteiger partial charge >= 0.3 is 11.9 Å². The molecular formula is C24H27ClFN7O4. The molecule has 0 unspecified atom stereocenters. The Kier molecular flexibility index (Phi) is 8.62. The molecule has 1 aliphatic rings. The van der Waals surface area contributed by atoms with Gasteiger partial charge in [0, 0.05) is 38.4 Å². The second-order valence-corrected chi connectivity index (χ2v) is 9.31. The molecule has 1 aromatic carbocycles. The van der Waals surface area contributed by atoms with Crippen LogP contribution >= 0.6 is 11.6 Å². The minimum Gasteiger partial charge on any atom is -0.481 e. The van der Waals surface area contributed by atoms with Crippen LogP contribution in [0.2, 0.25) is 5.02 Å². The highest BCUT2D eigenvalue weighted by molar-refractivity contribution is 6.31. The number of nitrogens with one attached hydrogen (secondary N) is 1. The van der Waals surface area contributed by atoms with Gasteiger partial charge in [0.1, 0.15) is 23.2 Å². The van der Waals surface area contributed by atoms with Gasteiger partial charge in [0.25, 0.3) is 0 Å². The molecule has 0 spiro atoms. The zero-order valence-electron chi connectivity index (χ0n) is 20.0. The van der Waals surface area contributed by atoms with Crippen molar-refractivity contribution in [1.82, 2.24) is 24.8 Å². The second-order valence-electron chi connectivity index (χ2n) is 8.90. The van der Waals surface area contributed by atoms with Crippen LogP contribution in [0.4, 0.5) is 21.8 Å². The largest absolute Gasteiger partial charge is 0.481 e. The molecule has 4 rings (SSSR count). The summed E-state index contributed by atoms with van der Waals surface area (Å²) in [7, 11) is 0. The summed E-state index contributed by atoms with van der Waals surface area (Å²) < 4.78 is 13.5. The number of carbonyl (C=O) groups is 2. The summed E-state index contributed by atoms with van der Waals surface area (Å²) in [6, 6.07) is 4.29. The molecule has 0 amide bonds. The third-order valence-electron chi connectivity index (χ3n) is 6.24. The highest BCUT2D eigenvalue weighted by atomic mass is 35.5. The number of hydrogen-bond acceptors (Lipinski definition) is 9. The Morgan fingerprint density at radius 2 is 1.81 bits per heavy atom. The summed E-state index contributed by atoms with van der Waals surface area (Å²) in [5.74, 6) is -1.02. The summed E-state index contributed by atoms with van der Waals surface area (Å²) in [5.41, 5.74) is 1.63. The van der Waals surface area contributed by atoms with Gasteiger partial charge in [-0.25, -0.2) is 24.3 Å². The molecule has 1 saturated heterocycles. The summed E-state index contributed by atoms with van der Waals surface area (Å²) in [4.78, 5) is 43.7. The Bertz CT molecular complexity index is 1260. The number of halogens is 2. The Morgan fingerprint density at radius 1 is 1.11 bits per heavy atom. The number of carboxylic acids is 2. The maximum atomic E-state index is 13.5. The molecule has 13 heteroatoms. The van der Waals surface area contributed by atoms with Crippen LogP contribution < -0.4 is 10.2 Å². The number of piperidine rings is 1. The minimum absolute atomic E-state index is 0.00830. The number of anilines is 3. The van der Waals surface area contributed by atoms with Crippen molar-refractivity contribution in [2.75, 3.05) is 42.9 Å². The number of rotatable bonds is 11. The van der Waals surface area contributed by atoms with Crippen LogP contribution in [0, 0.1) is 11.7 Å². The number of aliphatic carboxylic acids is 2. The SMILES string of the molecule is O=C(O)CCN(CCC(=O)O)CC1CCN(c2ncc3ncnc(Nc4ccc(F)c(Cl)c4)c3n2)CC1. The summed E-state index contributed by atoms with van der Waals surface area (Å²) >= 11 is 5.90. The lowest BCUT2D eigenvalue weighted by Gasteiger charge is -2.34. The lowest BCUT2D eigenvalue weighted by atomic mass is 9.96. The minimum atomic E-state index is -0.899. The molecule has 196 valence electrons. The first kappa shape index (κ1) is 26.4. The van der Waals surface area contributed by atoms with Crippen LogP contribution in [0.5, 0.6) is 0 Å². The highest BCUT2D eigenvalue weighted by Gasteiger charge is 2.24. The molecule has 3 heterocycles. The molecule has 1 fully saturated rings. The van der Waals surface area contributed by atoms with Crippen molar-refractivity contribution in [3.63, 3.8) is 0 Å². The Hall–Kier alpha value is -3.64. The number of aromatic nitrogens is 4. The van der Waals surface area contributed by atoms with Crippen LogP contribution in [-0.2, 0) is 9.59 Å². The van der Waals surface area contributed by atoms with E-state index in [0.29, 0.717) is 67.1 Å². The van der Waals surface area contributed by atoms with Crippen molar-refractivity contribution in [2.24, 2.45) is 5.92 Å². The smallest absolute Gasteiger partial charge is 0.304 e. The summed E-state index contributed by atoms with van der Waals surface area (Å²) in [6.07, 6.45) is 4.65. The standard InChI is InChI=1S/C24H27ClFN7O4/c25-17-11-16(1-2-18(17)26)30-23-22-19(28-14-29-23)12-27-24(31-22)33-9-3-15(4-10-33)13-32(7-5-20(34)35)8-6-21(36)37/h1-2,11-12,14-15H,3-10,13H2,(H,34,35)(H,36,37)(H,28,29,30). The van der Waals surface area contributed by atoms with E-state index in [0.717, 1.165) is 12.8 Å². The zero-order chi connectivity index (χ0) is 26.4. The molecule has 3 aromatic rings. The average Bonchev–Trinajstić information content (AvgIpc) is 2.88. The third kappa shape index (κ3) is 7.20. The van der Waals surface area contributed by atoms with E-state index >= 15 is 0 Å². The van der Waals surface area contributed by atoms with Crippen molar-refractivity contribution in [3.05, 3.63) is 41.6 Å². The number of nitrogens with zero attached hydrogens (tertiary/aromatic N) is 6. The summed E-state index contributed by atoms with van der Waals surface area (Å²) in [6.45, 7) is 2.70. The molecule has 1 aliphatic heterocycles. The molecule has 0 bridgehead atoms. The fourth-order valence-corrected chi connectivity index (χ4v) is 4.46. The zero-order valence-corrected chi connectivity index (χ0v) is 20.7. The number of benzene rings is 1. The van der Waals surface area contributed by atoms with E-state index in [2.05, 4.69) is 25.2 Å². The number of hydrogen-bond donors (Lipinski definition) is 3. The van der Waals surface area contributed by atoms with Gasteiger partial charge in [-0.1, -0.05) is 11.6 Å². The summed E-state index contributed by atoms with van der Waals surface area (Å²) in [5, 5.41) is 21.1. The fraction of sp³-hybridized carbons (Fsp3) is 0.417. The van der Waals surface area contributed by atoms with E-state index in [1.54, 1.807) is 12.3 Å². The topological polar surface area (TPSA) is 145 Å². The monoisotopic (exact) mass is 531 g/mol. The molecular weight excluding hydrogens is 505 g/mol. The maximum Gasteiger partial charge on any atom is 0.304 e. The van der Waals surface area contributed by atoms with Crippen LogP contribution in [0.25, 0.3) is 11.0 Å². The van der Waals surface area contributed by atoms with E-state index in [9.17, 15) is 14.0 Å². The Labute approximate surface area is 217 Å². The number of fused-ring (bicyclic) bond motifs is 1. The molecule has 0 aliphatic carbocycles. The van der Waals surface area contributed by atoms with E-state index in [1.165, 1.54) is 18.5 Å². The fourth-order valence-electron chi connectivity index (χ4n) is 4.28. The molecule has 0 radical (unpaired) electrons. The lowest BCUT2D eigenvalue weighted by Crippen LogP contribution is -2.40. The molecule has 3 N–H and O–H groups in total. The van der Waals surface area contributed by atoms with E-state index in [4.69, 9.17) is 26.8 Å². The van der Waals surface area contributed by atoms with Crippen molar-refractivity contribution in [2.45, 2.75) is 25.7 Å². The van der Waals surface area contributed by atoms with Crippen LogP contribution in [0.15, 0.2) is 30.7 Å². The molecule has 0 atom stereocenters. The third-order valence-corrected chi connectivity index (χ3v) is 6.53. The van der Waals surface area contributed by atoms with E-state index < -0.39 is 17.8 Å². The quantitative estimate of drug-likeness (QED) is 0.334. The van der Waals surface area contributed by atoms with Gasteiger partial charge in [0.2, 0.25) is 5.95 Å². The van der Waals surface area contributed by atoms with Gasteiger partial charge in [-0.3, -0.25) is 9.59 Å². The van der Waals surface area contributed by atoms with E-state index in [1.807, 2.05) is 4.90 Å². The van der Waals surface area contributed by atoms with E-state index in [-0.39, 0.29) is 17.9 Å². The first-order valence-corrected chi connectivity index (χ1v) is 12.3. The number of carboxylic acid groups (broad SMARTS) is 2. The lowest BCUT2D eigenvalue weighted by molar-refractivity contribution is -0.137. The Balaban J connectivity index is 1.42. The van der Waals surface area contributed by atoms with Gasteiger partial charge in [-0.05, 0) is 37.0 Å². The predicted molar refractivity (Wildman–Crippen MR) is 136 cm³/mol. The van der Waals surface area contributed by atoms with Gasteiger partial charge in [-0.15, -0.1) is 0 Å². The first-order valence-electron chi connectivity index (χ1n) is 11.9. The van der Waals surface area contributed by atoms with Crippen molar-refractivity contribution >= 4 is 52.0 Å². The second kappa shape index (κ2) is 12.1. The molecule has 11 nitrogen and oxygen atoms in total. The molecule has 0 saturated carbocycles. The van der Waals surface area contributed by atoms with Crippen molar-refractivity contribution in [1.29, 1.82) is 0 Å². The normalized spacial score (nSPS) is 14.3. The molecule has 37 heavy (non-hydrogen) atoms. The van der Waals surface area contributed by atoms with Gasteiger partial charge in [0.15, 0.2) is 5.82 Å². The van der Waals surface area contributed by atoms with Gasteiger partial charge < -0.3 is 25.3 Å². The van der Waals surface area contributed by atoms with Crippen molar-refractivity contribution < 1.29 is 24.2 Å². The first-order chi connectivity index (χ1) is 17.8. The molecule has 2 aromatic heterocycles. The van der Waals surface area contributed by atoms with Gasteiger partial charge in [-0.2, -0.15) is 0 Å². The maximum absolute atomic E-state index is 13.5. The van der Waals surface area contributed by atoms with Crippen LogP contribution in [-0.4, -0.2) is 79.7 Å². The van der Waals surface area contributed by atoms with Crippen LogP contribution in [0.1, 0.15) is 25.7 Å². The average molecular weight is 532 g/mol. The van der Waals surface area contributed by atoms with Crippen LogP contribution in [0.3, 0.4) is 0 Å². The predicted octanol–water partition coefficient (Wildman–Crippen LogP) is 3.42. The van der Waals surface area contributed by atoms with Gasteiger partial charge in [0.05, 0.1) is 24.1 Å². The highest BCUT2D eigenvalue weighted by Crippen LogP contribution is 2.27. The Morgan fingerprint density at radius 3 is 2.46 bits per heavy atom.